The van der Waals surface area contributed by atoms with Crippen molar-refractivity contribution in [3.05, 3.63) is 119 Å². The van der Waals surface area contributed by atoms with Crippen molar-refractivity contribution in [2.24, 2.45) is 5.92 Å². The van der Waals surface area contributed by atoms with Gasteiger partial charge in [-0.1, -0.05) is 91.9 Å². The lowest BCUT2D eigenvalue weighted by Gasteiger charge is -2.39. The first-order valence-corrected chi connectivity index (χ1v) is 20.5. The molecule has 8 nitrogen and oxygen atoms in total. The Balaban J connectivity index is 1.31. The highest BCUT2D eigenvalue weighted by molar-refractivity contribution is 6.91. The fraction of sp³-hybridized carbons (Fsp3) is 0.366. The zero-order chi connectivity index (χ0) is 35.2. The summed E-state index contributed by atoms with van der Waals surface area (Å²) in [5.41, 5.74) is 3.43. The molecule has 1 spiro atoms. The normalized spacial score (nSPS) is 24.3. The number of benzene rings is 4. The Morgan fingerprint density at radius 3 is 2.26 bits per heavy atom. The summed E-state index contributed by atoms with van der Waals surface area (Å²) >= 11 is 0. The number of aliphatic hydroxyl groups is 1. The van der Waals surface area contributed by atoms with E-state index >= 15 is 4.79 Å². The Morgan fingerprint density at radius 2 is 1.58 bits per heavy atom. The third kappa shape index (κ3) is 5.61. The highest BCUT2D eigenvalue weighted by Gasteiger charge is 2.66. The highest BCUT2D eigenvalue weighted by Crippen LogP contribution is 2.60. The standard InChI is InChI=1S/C41H46N2O6Si/c1-27-39(50(4,5)34-18-15-32(47-2)16-19-34)37(23-38(45)42-25-30-14-10-9-13-29(30)21-31(42)26-44)49-41(27)35-22-33(48-3)17-20-36(35)43(40(41)46)24-28-11-7-6-8-12-28/h6-20,22,27,31,37,39,44H,21,23-26H2,1-5H3/t27-,31-,37+,39-,41+/m0/s1. The van der Waals surface area contributed by atoms with E-state index in [0.717, 1.165) is 33.7 Å². The molecular formula is C41H46N2O6Si. The second-order valence-corrected chi connectivity index (χ2v) is 19.1. The number of carbonyl (C=O) groups is 2. The minimum Gasteiger partial charge on any atom is -0.497 e. The summed E-state index contributed by atoms with van der Waals surface area (Å²) in [6.45, 7) is 7.47. The molecule has 2 amide bonds. The minimum absolute atomic E-state index is 0.0743. The number of ether oxygens (including phenoxy) is 3. The minimum atomic E-state index is -2.47. The summed E-state index contributed by atoms with van der Waals surface area (Å²) in [7, 11) is 0.816. The van der Waals surface area contributed by atoms with Crippen LogP contribution in [0.4, 0.5) is 5.69 Å². The van der Waals surface area contributed by atoms with Crippen LogP contribution in [0.2, 0.25) is 18.6 Å². The van der Waals surface area contributed by atoms with E-state index in [2.05, 4.69) is 44.3 Å². The lowest BCUT2D eigenvalue weighted by atomic mass is 9.82. The summed E-state index contributed by atoms with van der Waals surface area (Å²) in [6.07, 6.45) is 0.158. The van der Waals surface area contributed by atoms with E-state index in [4.69, 9.17) is 14.2 Å². The Hall–Kier alpha value is -4.44. The fourth-order valence-electron chi connectivity index (χ4n) is 8.87. The first kappa shape index (κ1) is 34.0. The van der Waals surface area contributed by atoms with Crippen molar-refractivity contribution in [1.29, 1.82) is 0 Å². The SMILES string of the molecule is COc1ccc([Si](C)(C)[C@@H]2[C@@H](CC(=O)N3Cc4ccccc4C[C@H]3CO)O[C@]3(C(=O)N(Cc4ccccc4)c4ccc(OC)cc43)[C@H]2C)cc1. The molecule has 1 saturated heterocycles. The van der Waals surface area contributed by atoms with E-state index < -0.39 is 19.8 Å². The average molecular weight is 691 g/mol. The molecule has 0 saturated carbocycles. The summed E-state index contributed by atoms with van der Waals surface area (Å²) < 4.78 is 18.4. The van der Waals surface area contributed by atoms with Crippen LogP contribution in [0.25, 0.3) is 0 Å². The van der Waals surface area contributed by atoms with Crippen molar-refractivity contribution in [3.8, 4) is 11.5 Å². The van der Waals surface area contributed by atoms with E-state index in [-0.39, 0.29) is 42.3 Å². The number of carbonyl (C=O) groups excluding carboxylic acids is 2. The van der Waals surface area contributed by atoms with E-state index in [9.17, 15) is 9.90 Å². The maximum absolute atomic E-state index is 15.1. The van der Waals surface area contributed by atoms with Crippen LogP contribution in [0, 0.1) is 5.92 Å². The molecule has 260 valence electrons. The number of aliphatic hydroxyl groups excluding tert-OH is 1. The number of hydrogen-bond donors (Lipinski definition) is 1. The third-order valence-electron chi connectivity index (χ3n) is 11.5. The lowest BCUT2D eigenvalue weighted by molar-refractivity contribution is -0.151. The number of amides is 2. The molecule has 3 aliphatic heterocycles. The van der Waals surface area contributed by atoms with E-state index in [1.807, 2.05) is 82.6 Å². The molecule has 9 heteroatoms. The van der Waals surface area contributed by atoms with Gasteiger partial charge in [0.1, 0.15) is 11.5 Å². The Labute approximate surface area is 295 Å². The van der Waals surface area contributed by atoms with Crippen molar-refractivity contribution in [1.82, 2.24) is 4.90 Å². The number of fused-ring (bicyclic) bond motifs is 3. The molecule has 3 aliphatic rings. The highest BCUT2D eigenvalue weighted by atomic mass is 28.3. The topological polar surface area (TPSA) is 88.5 Å². The van der Waals surface area contributed by atoms with Crippen LogP contribution in [0.3, 0.4) is 0 Å². The van der Waals surface area contributed by atoms with Gasteiger partial charge in [-0.15, -0.1) is 0 Å². The molecule has 7 rings (SSSR count). The van der Waals surface area contributed by atoms with Crippen LogP contribution in [-0.2, 0) is 39.4 Å². The molecular weight excluding hydrogens is 645 g/mol. The molecule has 1 N–H and O–H groups in total. The monoisotopic (exact) mass is 690 g/mol. The van der Waals surface area contributed by atoms with Gasteiger partial charge in [0, 0.05) is 18.0 Å². The molecule has 50 heavy (non-hydrogen) atoms. The van der Waals surface area contributed by atoms with E-state index in [1.165, 1.54) is 5.19 Å². The van der Waals surface area contributed by atoms with Gasteiger partial charge < -0.3 is 29.1 Å². The Bertz CT molecular complexity index is 1880. The molecule has 5 atom stereocenters. The number of hydrogen-bond acceptors (Lipinski definition) is 6. The van der Waals surface area contributed by atoms with Gasteiger partial charge in [-0.3, -0.25) is 9.59 Å². The molecule has 4 aromatic rings. The first-order chi connectivity index (χ1) is 24.1. The largest absolute Gasteiger partial charge is 0.497 e. The third-order valence-corrected chi connectivity index (χ3v) is 15.8. The maximum atomic E-state index is 15.1. The molecule has 4 aromatic carbocycles. The van der Waals surface area contributed by atoms with Crippen molar-refractivity contribution in [2.75, 3.05) is 25.7 Å². The molecule has 0 aliphatic carbocycles. The Kier molecular flexibility index (Phi) is 9.09. The van der Waals surface area contributed by atoms with Gasteiger partial charge >= 0.3 is 0 Å². The first-order valence-electron chi connectivity index (χ1n) is 17.5. The van der Waals surface area contributed by atoms with Gasteiger partial charge in [-0.05, 0) is 59.0 Å². The summed E-state index contributed by atoms with van der Waals surface area (Å²) in [4.78, 5) is 33.2. The summed E-state index contributed by atoms with van der Waals surface area (Å²) in [6, 6.07) is 31.8. The molecule has 0 aromatic heterocycles. The maximum Gasteiger partial charge on any atom is 0.264 e. The second-order valence-electron chi connectivity index (χ2n) is 14.5. The van der Waals surface area contributed by atoms with Crippen LogP contribution in [0.5, 0.6) is 11.5 Å². The number of methoxy groups -OCH3 is 2. The van der Waals surface area contributed by atoms with Gasteiger partial charge in [0.15, 0.2) is 5.60 Å². The van der Waals surface area contributed by atoms with Gasteiger partial charge in [0.05, 0.1) is 59.7 Å². The number of rotatable bonds is 9. The van der Waals surface area contributed by atoms with Crippen LogP contribution in [0.15, 0.2) is 97.1 Å². The van der Waals surface area contributed by atoms with Gasteiger partial charge in [-0.25, -0.2) is 0 Å². The predicted octanol–water partition coefficient (Wildman–Crippen LogP) is 5.80. The van der Waals surface area contributed by atoms with Gasteiger partial charge in [0.25, 0.3) is 5.91 Å². The van der Waals surface area contributed by atoms with Crippen molar-refractivity contribution < 1.29 is 28.9 Å². The number of anilines is 1. The van der Waals surface area contributed by atoms with E-state index in [0.29, 0.717) is 25.3 Å². The zero-order valence-electron chi connectivity index (χ0n) is 29.5. The average Bonchev–Trinajstić information content (AvgIpc) is 3.56. The molecule has 0 bridgehead atoms. The molecule has 0 unspecified atom stereocenters. The van der Waals surface area contributed by atoms with E-state index in [1.54, 1.807) is 14.2 Å². The quantitative estimate of drug-likeness (QED) is 0.224. The smallest absolute Gasteiger partial charge is 0.264 e. The molecule has 1 fully saturated rings. The van der Waals surface area contributed by atoms with Crippen molar-refractivity contribution >= 4 is 30.8 Å². The summed E-state index contributed by atoms with van der Waals surface area (Å²) in [5, 5.41) is 11.6. The molecule has 0 radical (unpaired) electrons. The van der Waals surface area contributed by atoms with Crippen molar-refractivity contribution in [3.63, 3.8) is 0 Å². The lowest BCUT2D eigenvalue weighted by Crippen LogP contribution is -2.52. The Morgan fingerprint density at radius 1 is 0.920 bits per heavy atom. The van der Waals surface area contributed by atoms with Gasteiger partial charge in [-0.2, -0.15) is 0 Å². The molecule has 3 heterocycles. The zero-order valence-corrected chi connectivity index (χ0v) is 30.5. The van der Waals surface area contributed by atoms with Crippen LogP contribution in [0.1, 0.15) is 35.6 Å². The van der Waals surface area contributed by atoms with Crippen LogP contribution >= 0.6 is 0 Å². The predicted molar refractivity (Wildman–Crippen MR) is 196 cm³/mol. The van der Waals surface area contributed by atoms with Crippen molar-refractivity contribution in [2.45, 2.75) is 69.2 Å². The fourth-order valence-corrected chi connectivity index (χ4v) is 12.9. The second kappa shape index (κ2) is 13.4. The van der Waals surface area contributed by atoms with Gasteiger partial charge in [0.2, 0.25) is 5.91 Å². The number of nitrogens with zero attached hydrogens (tertiary/aromatic N) is 2. The van der Waals surface area contributed by atoms with Crippen LogP contribution in [-0.4, -0.2) is 62.9 Å². The summed E-state index contributed by atoms with van der Waals surface area (Å²) in [5.74, 6) is 0.973. The van der Waals surface area contributed by atoms with Crippen LogP contribution < -0.4 is 19.6 Å².